The van der Waals surface area contributed by atoms with Crippen LogP contribution < -0.4 is 0 Å². The lowest BCUT2D eigenvalue weighted by atomic mass is 9.47. The molecule has 29 heavy (non-hydrogen) atoms. The van der Waals surface area contributed by atoms with Crippen molar-refractivity contribution < 1.29 is 14.3 Å². The lowest BCUT2D eigenvalue weighted by Crippen LogP contribution is -2.51. The van der Waals surface area contributed by atoms with Crippen LogP contribution in [0, 0.1) is 34.5 Å². The lowest BCUT2D eigenvalue weighted by molar-refractivity contribution is -0.149. The zero-order chi connectivity index (χ0) is 21.0. The van der Waals surface area contributed by atoms with E-state index < -0.39 is 0 Å². The highest BCUT2D eigenvalue weighted by atomic mass is 32.1. The molecule has 0 aromatic carbocycles. The van der Waals surface area contributed by atoms with E-state index >= 15 is 0 Å². The van der Waals surface area contributed by atoms with E-state index in [1.165, 1.54) is 18.9 Å². The van der Waals surface area contributed by atoms with Crippen molar-refractivity contribution in [2.75, 3.05) is 0 Å². The van der Waals surface area contributed by atoms with E-state index in [-0.39, 0.29) is 40.6 Å². The van der Waals surface area contributed by atoms with Crippen LogP contribution >= 0.6 is 12.2 Å². The summed E-state index contributed by atoms with van der Waals surface area (Å²) in [5, 5.41) is 2.57. The number of Topliss-reactive ketones (excluding diaryl/α,β-unsaturated/α-hetero) is 1. The van der Waals surface area contributed by atoms with E-state index in [0.717, 1.165) is 38.5 Å². The van der Waals surface area contributed by atoms with Crippen molar-refractivity contribution in [1.82, 2.24) is 0 Å². The van der Waals surface area contributed by atoms with Gasteiger partial charge in [-0.2, -0.15) is 0 Å². The molecule has 0 aromatic rings. The molecule has 4 nitrogen and oxygen atoms in total. The summed E-state index contributed by atoms with van der Waals surface area (Å²) in [4.78, 5) is 28.5. The topological polar surface area (TPSA) is 55.7 Å². The van der Waals surface area contributed by atoms with Crippen LogP contribution in [0.2, 0.25) is 0 Å². The number of carbonyl (C=O) groups excluding carboxylic acids is 2. The second-order valence-electron chi connectivity index (χ2n) is 10.4. The van der Waals surface area contributed by atoms with Crippen molar-refractivity contribution in [2.45, 2.75) is 84.8 Å². The minimum atomic E-state index is -0.173. The molecule has 0 bridgehead atoms. The summed E-state index contributed by atoms with van der Waals surface area (Å²) in [6, 6.07) is -0.00312. The summed E-state index contributed by atoms with van der Waals surface area (Å²) in [6.45, 7) is 8.00. The lowest BCUT2D eigenvalue weighted by Gasteiger charge is -2.57. The summed E-state index contributed by atoms with van der Waals surface area (Å²) in [6.07, 6.45) is 9.68. The Morgan fingerprint density at radius 2 is 1.97 bits per heavy atom. The number of fused-ring (bicyclic) bond motifs is 5. The quantitative estimate of drug-likeness (QED) is 0.276. The fourth-order valence-electron chi connectivity index (χ4n) is 7.91. The highest BCUT2D eigenvalue weighted by molar-refractivity contribution is 7.78. The fourth-order valence-corrected chi connectivity index (χ4v) is 8.04. The van der Waals surface area contributed by atoms with Crippen molar-refractivity contribution in [3.8, 4) is 0 Å². The maximum Gasteiger partial charge on any atom is 0.302 e. The SMILES string of the molecule is CC(=O)O[C@@H]1CC[C@@]2(C)C(=CC[C@H]3[C@@H]4C[C@@H](N=C=S)[C@H](C(C)=O)[C@@]4(C)CC[C@@H]32)C1. The molecule has 5 heteroatoms. The molecule has 0 N–H and O–H groups in total. The zero-order valence-electron chi connectivity index (χ0n) is 18.1. The van der Waals surface area contributed by atoms with Gasteiger partial charge in [-0.25, -0.2) is 4.99 Å². The van der Waals surface area contributed by atoms with Crippen LogP contribution in [0.5, 0.6) is 0 Å². The second-order valence-corrected chi connectivity index (χ2v) is 10.6. The van der Waals surface area contributed by atoms with Crippen LogP contribution in [-0.2, 0) is 14.3 Å². The minimum Gasteiger partial charge on any atom is -0.462 e. The molecule has 4 aliphatic rings. The number of isothiocyanates is 1. The van der Waals surface area contributed by atoms with Gasteiger partial charge in [-0.05, 0) is 86.3 Å². The summed E-state index contributed by atoms with van der Waals surface area (Å²) >= 11 is 4.91. The van der Waals surface area contributed by atoms with Crippen molar-refractivity contribution in [1.29, 1.82) is 0 Å². The number of aliphatic imine (C=N–C) groups is 1. The predicted molar refractivity (Wildman–Crippen MR) is 116 cm³/mol. The van der Waals surface area contributed by atoms with Gasteiger partial charge in [0.15, 0.2) is 0 Å². The molecule has 4 rings (SSSR count). The third-order valence-corrected chi connectivity index (χ3v) is 9.18. The molecule has 3 fully saturated rings. The first-order valence-corrected chi connectivity index (χ1v) is 11.6. The average Bonchev–Trinajstić information content (AvgIpc) is 2.94. The third-order valence-electron chi connectivity index (χ3n) is 9.08. The van der Waals surface area contributed by atoms with Crippen molar-refractivity contribution in [3.63, 3.8) is 0 Å². The number of rotatable bonds is 3. The van der Waals surface area contributed by atoms with Gasteiger partial charge in [-0.3, -0.25) is 9.59 Å². The molecule has 4 aliphatic carbocycles. The number of carbonyl (C=O) groups is 2. The molecular formula is C24H33NO3S. The highest BCUT2D eigenvalue weighted by Crippen LogP contribution is 2.66. The zero-order valence-corrected chi connectivity index (χ0v) is 18.9. The summed E-state index contributed by atoms with van der Waals surface area (Å²) in [5.41, 5.74) is 1.71. The van der Waals surface area contributed by atoms with Gasteiger partial charge in [0.1, 0.15) is 11.9 Å². The number of esters is 1. The molecule has 0 heterocycles. The summed E-state index contributed by atoms with van der Waals surface area (Å²) < 4.78 is 5.54. The molecule has 158 valence electrons. The Bertz CT molecular complexity index is 800. The van der Waals surface area contributed by atoms with Crippen molar-refractivity contribution in [3.05, 3.63) is 11.6 Å². The fraction of sp³-hybridized carbons (Fsp3) is 0.792. The molecule has 8 atom stereocenters. The van der Waals surface area contributed by atoms with Crippen LogP contribution in [0.3, 0.4) is 0 Å². The van der Waals surface area contributed by atoms with Gasteiger partial charge < -0.3 is 4.74 Å². The molecule has 0 saturated heterocycles. The molecular weight excluding hydrogens is 382 g/mol. The van der Waals surface area contributed by atoms with Crippen LogP contribution in [0.25, 0.3) is 0 Å². The molecule has 0 aliphatic heterocycles. The van der Waals surface area contributed by atoms with Crippen molar-refractivity contribution >= 4 is 29.1 Å². The maximum atomic E-state index is 12.6. The summed E-state index contributed by atoms with van der Waals surface area (Å²) in [5.74, 6) is 1.80. The van der Waals surface area contributed by atoms with Gasteiger partial charge in [0.25, 0.3) is 0 Å². The predicted octanol–water partition coefficient (Wildman–Crippen LogP) is 5.17. The molecule has 0 amide bonds. The Morgan fingerprint density at radius 1 is 1.21 bits per heavy atom. The first kappa shape index (κ1) is 20.9. The van der Waals surface area contributed by atoms with Gasteiger partial charge in [0, 0.05) is 19.3 Å². The smallest absolute Gasteiger partial charge is 0.302 e. The first-order valence-electron chi connectivity index (χ1n) is 11.1. The number of ketones is 1. The Hall–Kier alpha value is -1.32. The van der Waals surface area contributed by atoms with E-state index in [1.807, 2.05) is 0 Å². The van der Waals surface area contributed by atoms with Gasteiger partial charge in [0.2, 0.25) is 0 Å². The minimum absolute atomic E-state index is 0.00312. The number of hydrogen-bond donors (Lipinski definition) is 0. The van der Waals surface area contributed by atoms with Gasteiger partial charge in [-0.15, -0.1) is 0 Å². The second kappa shape index (κ2) is 7.42. The van der Waals surface area contributed by atoms with E-state index in [0.29, 0.717) is 17.8 Å². The highest BCUT2D eigenvalue weighted by Gasteiger charge is 2.62. The maximum absolute atomic E-state index is 12.6. The molecule has 3 saturated carbocycles. The standard InChI is InChI=1S/C24H33NO3S/c1-14(26)22-21(25-13-29)12-20-18-6-5-16-11-17(28-15(2)27)7-9-23(16,3)19(18)8-10-24(20,22)4/h5,17-22H,6-12H2,1-4H3/t17-,18-,19+,20+,21-,22+,23+,24+/m1/s1. The number of allylic oxidation sites excluding steroid dienone is 1. The van der Waals surface area contributed by atoms with Crippen LogP contribution in [0.15, 0.2) is 16.6 Å². The Morgan fingerprint density at radius 3 is 2.62 bits per heavy atom. The number of hydrogen-bond acceptors (Lipinski definition) is 5. The number of ether oxygens (including phenoxy) is 1. The van der Waals surface area contributed by atoms with E-state index in [9.17, 15) is 9.59 Å². The molecule has 0 spiro atoms. The Balaban J connectivity index is 1.63. The van der Waals surface area contributed by atoms with E-state index in [4.69, 9.17) is 17.0 Å². The summed E-state index contributed by atoms with van der Waals surface area (Å²) in [7, 11) is 0. The third kappa shape index (κ3) is 3.25. The molecule has 0 unspecified atom stereocenters. The largest absolute Gasteiger partial charge is 0.462 e. The van der Waals surface area contributed by atoms with E-state index in [2.05, 4.69) is 30.1 Å². The van der Waals surface area contributed by atoms with Crippen molar-refractivity contribution in [2.24, 2.45) is 39.5 Å². The normalized spacial score (nSPS) is 45.7. The Labute approximate surface area is 179 Å². The van der Waals surface area contributed by atoms with E-state index in [1.54, 1.807) is 6.92 Å². The number of thiocarbonyl (C=S) groups is 1. The van der Waals surface area contributed by atoms with Crippen LogP contribution in [0.4, 0.5) is 0 Å². The van der Waals surface area contributed by atoms with Crippen LogP contribution in [-0.4, -0.2) is 29.1 Å². The Kier molecular flexibility index (Phi) is 5.36. The number of nitrogens with zero attached hydrogens (tertiary/aromatic N) is 1. The molecule has 0 radical (unpaired) electrons. The average molecular weight is 416 g/mol. The van der Waals surface area contributed by atoms with Gasteiger partial charge in [0.05, 0.1) is 11.2 Å². The monoisotopic (exact) mass is 415 g/mol. The first-order chi connectivity index (χ1) is 13.7. The van der Waals surface area contributed by atoms with Gasteiger partial charge >= 0.3 is 5.97 Å². The van der Waals surface area contributed by atoms with Crippen LogP contribution in [0.1, 0.15) is 72.6 Å². The molecule has 0 aromatic heterocycles. The van der Waals surface area contributed by atoms with Gasteiger partial charge in [-0.1, -0.05) is 25.5 Å².